The van der Waals surface area contributed by atoms with Crippen LogP contribution >= 0.6 is 0 Å². The number of aryl methyl sites for hydroxylation is 1. The number of aromatic nitrogens is 2. The second-order valence-corrected chi connectivity index (χ2v) is 5.83. The van der Waals surface area contributed by atoms with Crippen LogP contribution in [0.5, 0.6) is 5.75 Å². The normalized spacial score (nSPS) is 10.8. The van der Waals surface area contributed by atoms with Gasteiger partial charge in [-0.15, -0.1) is 0 Å². The van der Waals surface area contributed by atoms with E-state index in [0.29, 0.717) is 5.82 Å². The highest BCUT2D eigenvalue weighted by Crippen LogP contribution is 2.18. The Morgan fingerprint density at radius 1 is 0.818 bits per heavy atom. The first-order valence-electron chi connectivity index (χ1n) is 8.40. The zero-order chi connectivity index (χ0) is 15.6. The Morgan fingerprint density at radius 3 is 2.05 bits per heavy atom. The molecule has 0 aliphatic rings. The zero-order valence-electron chi connectivity index (χ0n) is 13.5. The number of benzene rings is 1. The highest BCUT2D eigenvalue weighted by atomic mass is 16.3. The van der Waals surface area contributed by atoms with Gasteiger partial charge in [0, 0.05) is 5.56 Å². The van der Waals surface area contributed by atoms with Gasteiger partial charge in [-0.3, -0.25) is 0 Å². The van der Waals surface area contributed by atoms with Crippen LogP contribution in [0.15, 0.2) is 36.7 Å². The number of nitrogens with zero attached hydrogens (tertiary/aromatic N) is 2. The molecule has 1 aromatic carbocycles. The van der Waals surface area contributed by atoms with Crippen LogP contribution in [0.1, 0.15) is 57.4 Å². The second-order valence-electron chi connectivity index (χ2n) is 5.83. The van der Waals surface area contributed by atoms with E-state index in [2.05, 4.69) is 41.2 Å². The average molecular weight is 298 g/mol. The van der Waals surface area contributed by atoms with E-state index in [1.54, 1.807) is 0 Å². The molecule has 1 heterocycles. The molecular weight excluding hydrogens is 272 g/mol. The minimum Gasteiger partial charge on any atom is -0.505 e. The summed E-state index contributed by atoms with van der Waals surface area (Å²) in [5.74, 6) is 0.750. The van der Waals surface area contributed by atoms with Gasteiger partial charge < -0.3 is 5.11 Å². The highest BCUT2D eigenvalue weighted by molar-refractivity contribution is 5.55. The van der Waals surface area contributed by atoms with Crippen LogP contribution in [-0.4, -0.2) is 15.1 Å². The molecule has 0 atom stereocenters. The molecule has 3 nitrogen and oxygen atoms in total. The van der Waals surface area contributed by atoms with Gasteiger partial charge in [0.2, 0.25) is 0 Å². The molecule has 0 amide bonds. The average Bonchev–Trinajstić information content (AvgIpc) is 2.55. The lowest BCUT2D eigenvalue weighted by Gasteiger charge is -2.04. The largest absolute Gasteiger partial charge is 0.505 e. The van der Waals surface area contributed by atoms with E-state index in [0.717, 1.165) is 12.0 Å². The molecule has 0 aliphatic heterocycles. The molecule has 0 saturated heterocycles. The summed E-state index contributed by atoms with van der Waals surface area (Å²) in [6.07, 6.45) is 13.4. The smallest absolute Gasteiger partial charge is 0.159 e. The maximum atomic E-state index is 9.21. The molecule has 118 valence electrons. The van der Waals surface area contributed by atoms with Gasteiger partial charge in [-0.05, 0) is 18.4 Å². The molecular formula is C19H26N2O. The molecule has 0 spiro atoms. The van der Waals surface area contributed by atoms with Crippen molar-refractivity contribution in [1.82, 2.24) is 9.97 Å². The van der Waals surface area contributed by atoms with E-state index < -0.39 is 0 Å². The summed E-state index contributed by atoms with van der Waals surface area (Å²) in [6.45, 7) is 2.26. The minimum atomic E-state index is 0.0966. The molecule has 2 aromatic rings. The van der Waals surface area contributed by atoms with Crippen molar-refractivity contribution in [1.29, 1.82) is 0 Å². The summed E-state index contributed by atoms with van der Waals surface area (Å²) in [4.78, 5) is 8.26. The Hall–Kier alpha value is -1.90. The first-order chi connectivity index (χ1) is 10.8. The number of rotatable bonds is 9. The third-order valence-electron chi connectivity index (χ3n) is 3.92. The predicted molar refractivity (Wildman–Crippen MR) is 90.8 cm³/mol. The lowest BCUT2D eigenvalue weighted by atomic mass is 10.0. The van der Waals surface area contributed by atoms with E-state index in [9.17, 15) is 5.11 Å². The van der Waals surface area contributed by atoms with Crippen molar-refractivity contribution in [3.05, 3.63) is 42.2 Å². The van der Waals surface area contributed by atoms with Crippen LogP contribution < -0.4 is 0 Å². The number of unbranched alkanes of at least 4 members (excludes halogenated alkanes) is 6. The molecule has 3 heteroatoms. The Balaban J connectivity index is 1.74. The molecule has 0 saturated carbocycles. The standard InChI is InChI=1S/C19H26N2O/c1-2-3-4-5-6-7-8-9-16-10-12-17(13-11-16)19-20-14-18(22)15-21-19/h10-15,22H,2-9H2,1H3. The Morgan fingerprint density at radius 2 is 1.41 bits per heavy atom. The maximum absolute atomic E-state index is 9.21. The molecule has 22 heavy (non-hydrogen) atoms. The third-order valence-corrected chi connectivity index (χ3v) is 3.92. The lowest BCUT2D eigenvalue weighted by molar-refractivity contribution is 0.470. The van der Waals surface area contributed by atoms with Gasteiger partial charge >= 0.3 is 0 Å². The van der Waals surface area contributed by atoms with Crippen LogP contribution in [0.2, 0.25) is 0 Å². The van der Waals surface area contributed by atoms with Crippen molar-refractivity contribution in [3.63, 3.8) is 0 Å². The summed E-state index contributed by atoms with van der Waals surface area (Å²) < 4.78 is 0. The fraction of sp³-hybridized carbons (Fsp3) is 0.474. The summed E-state index contributed by atoms with van der Waals surface area (Å²) in [7, 11) is 0. The summed E-state index contributed by atoms with van der Waals surface area (Å²) >= 11 is 0. The van der Waals surface area contributed by atoms with Gasteiger partial charge in [-0.1, -0.05) is 69.7 Å². The van der Waals surface area contributed by atoms with Crippen molar-refractivity contribution in [2.45, 2.75) is 58.3 Å². The molecule has 1 aromatic heterocycles. The van der Waals surface area contributed by atoms with Gasteiger partial charge in [-0.2, -0.15) is 0 Å². The van der Waals surface area contributed by atoms with Crippen molar-refractivity contribution in [2.75, 3.05) is 0 Å². The summed E-state index contributed by atoms with van der Waals surface area (Å²) in [6, 6.07) is 8.43. The minimum absolute atomic E-state index is 0.0966. The topological polar surface area (TPSA) is 46.0 Å². The van der Waals surface area contributed by atoms with Gasteiger partial charge in [0.1, 0.15) is 0 Å². The van der Waals surface area contributed by atoms with E-state index in [4.69, 9.17) is 0 Å². The van der Waals surface area contributed by atoms with E-state index in [1.165, 1.54) is 62.9 Å². The van der Waals surface area contributed by atoms with Crippen molar-refractivity contribution >= 4 is 0 Å². The number of hydrogen-bond donors (Lipinski definition) is 1. The van der Waals surface area contributed by atoms with Crippen molar-refractivity contribution in [2.24, 2.45) is 0 Å². The lowest BCUT2D eigenvalue weighted by Crippen LogP contribution is -1.90. The van der Waals surface area contributed by atoms with Crippen LogP contribution in [0.4, 0.5) is 0 Å². The quantitative estimate of drug-likeness (QED) is 0.652. The number of hydrogen-bond acceptors (Lipinski definition) is 3. The monoisotopic (exact) mass is 298 g/mol. The van der Waals surface area contributed by atoms with Crippen LogP contribution in [0.3, 0.4) is 0 Å². The van der Waals surface area contributed by atoms with Gasteiger partial charge in [0.05, 0.1) is 12.4 Å². The summed E-state index contributed by atoms with van der Waals surface area (Å²) in [5, 5.41) is 9.21. The molecule has 0 fully saturated rings. The summed E-state index contributed by atoms with van der Waals surface area (Å²) in [5.41, 5.74) is 2.36. The third kappa shape index (κ3) is 5.47. The fourth-order valence-electron chi connectivity index (χ4n) is 2.58. The highest BCUT2D eigenvalue weighted by Gasteiger charge is 2.01. The molecule has 0 bridgehead atoms. The predicted octanol–water partition coefficient (Wildman–Crippen LogP) is 5.14. The Labute approximate surface area is 133 Å². The first-order valence-corrected chi connectivity index (χ1v) is 8.40. The van der Waals surface area contributed by atoms with E-state index >= 15 is 0 Å². The Kier molecular flexibility index (Phi) is 6.88. The molecule has 1 N–H and O–H groups in total. The molecule has 2 rings (SSSR count). The first kappa shape index (κ1) is 16.5. The Bertz CT molecular complexity index is 534. The SMILES string of the molecule is CCCCCCCCCc1ccc(-c2ncc(O)cn2)cc1. The molecule has 0 radical (unpaired) electrons. The van der Waals surface area contributed by atoms with Gasteiger partial charge in [0.25, 0.3) is 0 Å². The van der Waals surface area contributed by atoms with Gasteiger partial charge in [0.15, 0.2) is 11.6 Å². The fourth-order valence-corrected chi connectivity index (χ4v) is 2.58. The zero-order valence-corrected chi connectivity index (χ0v) is 13.5. The van der Waals surface area contributed by atoms with E-state index in [-0.39, 0.29) is 5.75 Å². The molecule has 0 aliphatic carbocycles. The van der Waals surface area contributed by atoms with Crippen molar-refractivity contribution in [3.8, 4) is 17.1 Å². The van der Waals surface area contributed by atoms with Crippen molar-refractivity contribution < 1.29 is 5.11 Å². The van der Waals surface area contributed by atoms with Crippen LogP contribution in [0.25, 0.3) is 11.4 Å². The second kappa shape index (κ2) is 9.19. The number of aromatic hydroxyl groups is 1. The van der Waals surface area contributed by atoms with Crippen LogP contribution in [-0.2, 0) is 6.42 Å². The maximum Gasteiger partial charge on any atom is 0.159 e. The molecule has 0 unspecified atom stereocenters. The van der Waals surface area contributed by atoms with Crippen LogP contribution in [0, 0.1) is 0 Å². The van der Waals surface area contributed by atoms with E-state index in [1.807, 2.05) is 0 Å². The van der Waals surface area contributed by atoms with Gasteiger partial charge in [-0.25, -0.2) is 9.97 Å².